The minimum absolute atomic E-state index is 0.0730. The minimum atomic E-state index is -0.766. The van der Waals surface area contributed by atoms with Gasteiger partial charge in [0.15, 0.2) is 6.04 Å². The minimum Gasteiger partial charge on any atom is -0.481 e. The quantitative estimate of drug-likeness (QED) is 0.284. The molecule has 7 nitrogen and oxygen atoms in total. The lowest BCUT2D eigenvalue weighted by atomic mass is 9.86. The highest BCUT2D eigenvalue weighted by molar-refractivity contribution is 5.99. The molecule has 0 radical (unpaired) electrons. The summed E-state index contributed by atoms with van der Waals surface area (Å²) in [6, 6.07) is 11.4. The van der Waals surface area contributed by atoms with Crippen LogP contribution in [0.25, 0.3) is 5.57 Å². The number of aliphatic imine (C=N–C) groups is 1. The van der Waals surface area contributed by atoms with Gasteiger partial charge in [-0.1, -0.05) is 69.2 Å². The number of hydrogen-bond donors (Lipinski definition) is 2. The van der Waals surface area contributed by atoms with Crippen LogP contribution in [0.15, 0.2) is 59.9 Å². The van der Waals surface area contributed by atoms with E-state index < -0.39 is 12.0 Å². The number of aliphatic carboxylic acids is 1. The number of allylic oxidation sites excluding steroid dienone is 1. The molecule has 1 aliphatic carbocycles. The number of hydrogen-bond acceptors (Lipinski definition) is 5. The highest BCUT2D eigenvalue weighted by atomic mass is 16.5. The van der Waals surface area contributed by atoms with E-state index >= 15 is 0 Å². The molecule has 1 aromatic carbocycles. The van der Waals surface area contributed by atoms with Crippen LogP contribution in [0.2, 0.25) is 0 Å². The molecular formula is C32H41N3O4. The lowest BCUT2D eigenvalue weighted by Gasteiger charge is -2.21. The fourth-order valence-electron chi connectivity index (χ4n) is 5.44. The van der Waals surface area contributed by atoms with Gasteiger partial charge in [0.2, 0.25) is 11.8 Å². The number of carbonyl (C=O) groups excluding carboxylic acids is 1. The molecule has 1 saturated carbocycles. The summed E-state index contributed by atoms with van der Waals surface area (Å²) in [5.74, 6) is 0.529. The summed E-state index contributed by atoms with van der Waals surface area (Å²) < 4.78 is 5.86. The number of ether oxygens (including phenoxy) is 1. The monoisotopic (exact) mass is 531 g/mol. The number of nitrogens with zero attached hydrogens (tertiary/aromatic N) is 2. The maximum absolute atomic E-state index is 12.7. The fourth-order valence-corrected chi connectivity index (χ4v) is 5.44. The summed E-state index contributed by atoms with van der Waals surface area (Å²) in [7, 11) is 0. The standard InChI is InChI=1S/C32H41N3O4/c36-30(37)18-6-2-5-17-28(27-16-10-19-33-22-27)25-14-9-15-26(21-25)32-35-29(23-39-32)31(38)34-20-8-7-13-24-11-3-1-4-12-24/h9-10,14-17,19,21-22,24,29H,1-8,11-13,18,20,23H2,(H,34,38)(H,36,37)/t29-/m0/s1. The Morgan fingerprint density at radius 2 is 1.87 bits per heavy atom. The van der Waals surface area contributed by atoms with Crippen molar-refractivity contribution in [1.29, 1.82) is 0 Å². The van der Waals surface area contributed by atoms with Crippen LogP contribution in [0, 0.1) is 5.92 Å². The Morgan fingerprint density at radius 1 is 1.03 bits per heavy atom. The van der Waals surface area contributed by atoms with Crippen LogP contribution < -0.4 is 5.32 Å². The van der Waals surface area contributed by atoms with Gasteiger partial charge in [0.05, 0.1) is 0 Å². The molecular weight excluding hydrogens is 490 g/mol. The third kappa shape index (κ3) is 9.05. The van der Waals surface area contributed by atoms with Crippen molar-refractivity contribution in [3.63, 3.8) is 0 Å². The van der Waals surface area contributed by atoms with Crippen molar-refractivity contribution < 1.29 is 19.4 Å². The van der Waals surface area contributed by atoms with Gasteiger partial charge in [0, 0.05) is 36.5 Å². The van der Waals surface area contributed by atoms with Gasteiger partial charge in [0.1, 0.15) is 6.61 Å². The van der Waals surface area contributed by atoms with Gasteiger partial charge in [-0.15, -0.1) is 0 Å². The number of nitrogens with one attached hydrogen (secondary N) is 1. The van der Waals surface area contributed by atoms with Crippen molar-refractivity contribution >= 4 is 23.3 Å². The third-order valence-electron chi connectivity index (χ3n) is 7.60. The predicted molar refractivity (Wildman–Crippen MR) is 154 cm³/mol. The van der Waals surface area contributed by atoms with E-state index in [4.69, 9.17) is 9.84 Å². The Labute approximate surface area is 231 Å². The smallest absolute Gasteiger partial charge is 0.303 e. The molecule has 208 valence electrons. The summed E-state index contributed by atoms with van der Waals surface area (Å²) in [6.45, 7) is 0.941. The number of amides is 1. The summed E-state index contributed by atoms with van der Waals surface area (Å²) >= 11 is 0. The summed E-state index contributed by atoms with van der Waals surface area (Å²) in [4.78, 5) is 32.4. The topological polar surface area (TPSA) is 101 Å². The van der Waals surface area contributed by atoms with Crippen molar-refractivity contribution in [2.45, 2.75) is 83.1 Å². The van der Waals surface area contributed by atoms with E-state index in [1.165, 1.54) is 44.9 Å². The predicted octanol–water partition coefficient (Wildman–Crippen LogP) is 6.17. The normalized spacial score (nSPS) is 17.9. The molecule has 1 aliphatic heterocycles. The van der Waals surface area contributed by atoms with E-state index in [1.54, 1.807) is 6.20 Å². The van der Waals surface area contributed by atoms with E-state index in [0.717, 1.165) is 47.4 Å². The lowest BCUT2D eigenvalue weighted by molar-refractivity contribution is -0.137. The van der Waals surface area contributed by atoms with Gasteiger partial charge in [-0.25, -0.2) is 4.99 Å². The van der Waals surface area contributed by atoms with Gasteiger partial charge < -0.3 is 15.2 Å². The zero-order valence-electron chi connectivity index (χ0n) is 22.8. The summed E-state index contributed by atoms with van der Waals surface area (Å²) in [5.41, 5.74) is 3.84. The second kappa shape index (κ2) is 15.2. The zero-order valence-corrected chi connectivity index (χ0v) is 22.8. The highest BCUT2D eigenvalue weighted by Crippen LogP contribution is 2.28. The van der Waals surface area contributed by atoms with E-state index in [0.29, 0.717) is 18.9 Å². The molecule has 0 bridgehead atoms. The molecule has 7 heteroatoms. The maximum atomic E-state index is 12.7. The van der Waals surface area contributed by atoms with Crippen LogP contribution in [-0.2, 0) is 14.3 Å². The molecule has 39 heavy (non-hydrogen) atoms. The Balaban J connectivity index is 1.34. The number of benzene rings is 1. The SMILES string of the molecule is O=C(O)CCCCC=C(c1cccnc1)c1cccc(C2=N[C@H](C(=O)NCCCCC3CCCCC3)CO2)c1. The third-order valence-corrected chi connectivity index (χ3v) is 7.60. The van der Waals surface area contributed by atoms with Gasteiger partial charge >= 0.3 is 5.97 Å². The molecule has 4 rings (SSSR count). The number of carboxylic acids is 1. The second-order valence-corrected chi connectivity index (χ2v) is 10.6. The number of aromatic nitrogens is 1. The number of unbranched alkanes of at least 4 members (excludes halogenated alkanes) is 3. The Hall–Kier alpha value is -3.48. The zero-order chi connectivity index (χ0) is 27.3. The molecule has 1 amide bonds. The maximum Gasteiger partial charge on any atom is 0.303 e. The van der Waals surface area contributed by atoms with Gasteiger partial charge in [-0.2, -0.15) is 0 Å². The van der Waals surface area contributed by atoms with Crippen LogP contribution in [0.3, 0.4) is 0 Å². The average Bonchev–Trinajstić information content (AvgIpc) is 3.46. The number of rotatable bonds is 14. The Morgan fingerprint density at radius 3 is 2.67 bits per heavy atom. The Bertz CT molecular complexity index is 1140. The molecule has 2 aromatic rings. The molecule has 0 saturated heterocycles. The van der Waals surface area contributed by atoms with Crippen molar-refractivity contribution in [2.24, 2.45) is 10.9 Å². The summed E-state index contributed by atoms with van der Waals surface area (Å²) in [5, 5.41) is 11.9. The first-order valence-corrected chi connectivity index (χ1v) is 14.5. The van der Waals surface area contributed by atoms with E-state index in [-0.39, 0.29) is 18.9 Å². The number of carboxylic acid groups (broad SMARTS) is 1. The molecule has 0 spiro atoms. The summed E-state index contributed by atoms with van der Waals surface area (Å²) in [6.07, 6.45) is 18.4. The van der Waals surface area contributed by atoms with Gasteiger partial charge in [-0.3, -0.25) is 14.6 Å². The highest BCUT2D eigenvalue weighted by Gasteiger charge is 2.26. The first kappa shape index (κ1) is 28.5. The van der Waals surface area contributed by atoms with Crippen LogP contribution in [0.4, 0.5) is 0 Å². The van der Waals surface area contributed by atoms with Gasteiger partial charge in [0.25, 0.3) is 0 Å². The molecule has 2 N–H and O–H groups in total. The van der Waals surface area contributed by atoms with E-state index in [1.807, 2.05) is 42.6 Å². The van der Waals surface area contributed by atoms with Crippen molar-refractivity contribution in [1.82, 2.24) is 10.3 Å². The largest absolute Gasteiger partial charge is 0.481 e. The van der Waals surface area contributed by atoms with Crippen molar-refractivity contribution in [3.8, 4) is 0 Å². The van der Waals surface area contributed by atoms with Gasteiger partial charge in [-0.05, 0) is 60.9 Å². The molecule has 1 fully saturated rings. The second-order valence-electron chi connectivity index (χ2n) is 10.6. The lowest BCUT2D eigenvalue weighted by Crippen LogP contribution is -2.34. The Kier molecular flexibility index (Phi) is 11.1. The average molecular weight is 532 g/mol. The molecule has 2 aliphatic rings. The molecule has 1 aromatic heterocycles. The van der Waals surface area contributed by atoms with E-state index in [2.05, 4.69) is 21.4 Å². The van der Waals surface area contributed by atoms with Crippen LogP contribution in [0.5, 0.6) is 0 Å². The van der Waals surface area contributed by atoms with Crippen molar-refractivity contribution in [2.75, 3.05) is 13.2 Å². The molecule has 0 unspecified atom stereocenters. The first-order valence-electron chi connectivity index (χ1n) is 14.5. The molecule has 2 heterocycles. The molecule has 1 atom stereocenters. The fraction of sp³-hybridized carbons (Fsp3) is 0.500. The number of carbonyl (C=O) groups is 2. The van der Waals surface area contributed by atoms with Crippen molar-refractivity contribution in [3.05, 3.63) is 71.6 Å². The van der Waals surface area contributed by atoms with E-state index in [9.17, 15) is 9.59 Å². The van der Waals surface area contributed by atoms with Crippen LogP contribution in [-0.4, -0.2) is 47.1 Å². The first-order chi connectivity index (χ1) is 19.1. The van der Waals surface area contributed by atoms with Crippen LogP contribution in [0.1, 0.15) is 93.7 Å². The van der Waals surface area contributed by atoms with Crippen LogP contribution >= 0.6 is 0 Å². The number of pyridine rings is 1.